The first kappa shape index (κ1) is 37.7. The maximum atomic E-state index is 14.1. The highest BCUT2D eigenvalue weighted by Crippen LogP contribution is 2.39. The third-order valence-corrected chi connectivity index (χ3v) is 11.9. The Morgan fingerprint density at radius 1 is 1.02 bits per heavy atom. The van der Waals surface area contributed by atoms with Crippen LogP contribution in [0.1, 0.15) is 54.9 Å². The molecule has 2 aliphatic heterocycles. The summed E-state index contributed by atoms with van der Waals surface area (Å²) in [6, 6.07) is 21.5. The molecule has 2 heterocycles. The van der Waals surface area contributed by atoms with E-state index in [-0.39, 0.29) is 30.7 Å². The van der Waals surface area contributed by atoms with Crippen molar-refractivity contribution in [3.63, 3.8) is 0 Å². The van der Waals surface area contributed by atoms with E-state index in [0.29, 0.717) is 56.3 Å². The van der Waals surface area contributed by atoms with Gasteiger partial charge >= 0.3 is 0 Å². The molecule has 0 amide bonds. The Labute approximate surface area is 301 Å². The van der Waals surface area contributed by atoms with Crippen LogP contribution in [0.4, 0.5) is 5.69 Å². The average molecular weight is 760 g/mol. The predicted molar refractivity (Wildman–Crippen MR) is 196 cm³/mol. The number of ether oxygens (including phenoxy) is 5. The highest BCUT2D eigenvalue weighted by Gasteiger charge is 2.42. The zero-order valence-electron chi connectivity index (χ0n) is 29.2. The van der Waals surface area contributed by atoms with Crippen LogP contribution < -0.4 is 9.64 Å². The molecular formula is C38H51BrN2O7S. The first-order valence-corrected chi connectivity index (χ1v) is 19.8. The number of nitrogens with zero attached hydrogens (tertiary/aromatic N) is 2. The lowest BCUT2D eigenvalue weighted by Gasteiger charge is -2.43. The van der Waals surface area contributed by atoms with Crippen molar-refractivity contribution in [2.45, 2.75) is 75.9 Å². The van der Waals surface area contributed by atoms with Gasteiger partial charge in [-0.3, -0.25) is 0 Å². The standard InChI is InChI=1S/C38H51BrN2O7S/c1-5-46-29(3)25-45-26-30-9-12-32(13-10-30)35-22-33(23-39)41(49(42,43)34-14-7-28(2)8-15-34)24-38(35)48-27-31-11-16-37-36(21-31)40(18-20-47-37)17-6-19-44-4/h7-16,21,29,33,35,38H,5-6,17-20,22-27H2,1-4H3/t29-,33+,35-,38+/m1/s1. The molecule has 5 rings (SSSR count). The molecule has 9 nitrogen and oxygen atoms in total. The number of aryl methyl sites for hydroxylation is 1. The largest absolute Gasteiger partial charge is 0.490 e. The SMILES string of the molecule is CCO[C@H](C)COCc1ccc([C@H]2C[C@@H](CBr)N(S(=O)(=O)c3ccc(C)cc3)C[C@@H]2OCc2ccc3c(c2)N(CCCOC)CCO3)cc1. The normalized spacial score (nSPS) is 20.5. The average Bonchev–Trinajstić information content (AvgIpc) is 3.11. The molecule has 49 heavy (non-hydrogen) atoms. The molecule has 3 aromatic rings. The first-order chi connectivity index (χ1) is 23.7. The predicted octanol–water partition coefficient (Wildman–Crippen LogP) is 6.70. The monoisotopic (exact) mass is 758 g/mol. The van der Waals surface area contributed by atoms with Gasteiger partial charge in [0.15, 0.2) is 0 Å². The number of sulfonamides is 1. The van der Waals surface area contributed by atoms with Crippen LogP contribution >= 0.6 is 15.9 Å². The molecule has 0 spiro atoms. The Kier molecular flexibility index (Phi) is 14.0. The van der Waals surface area contributed by atoms with Gasteiger partial charge in [-0.1, -0.05) is 64.0 Å². The topological polar surface area (TPSA) is 86.8 Å². The minimum atomic E-state index is -3.76. The third kappa shape index (κ3) is 9.84. The Morgan fingerprint density at radius 2 is 1.78 bits per heavy atom. The fraction of sp³-hybridized carbons (Fsp3) is 0.526. The Morgan fingerprint density at radius 3 is 2.49 bits per heavy atom. The van der Waals surface area contributed by atoms with E-state index in [1.165, 1.54) is 0 Å². The summed E-state index contributed by atoms with van der Waals surface area (Å²) in [5.41, 5.74) is 5.29. The van der Waals surface area contributed by atoms with Gasteiger partial charge in [-0.05, 0) is 74.6 Å². The van der Waals surface area contributed by atoms with Crippen LogP contribution in [0.5, 0.6) is 5.75 Å². The molecule has 11 heteroatoms. The zero-order chi connectivity index (χ0) is 34.8. The van der Waals surface area contributed by atoms with E-state index < -0.39 is 10.0 Å². The number of hydrogen-bond donors (Lipinski definition) is 0. The molecule has 268 valence electrons. The molecule has 0 bridgehead atoms. The fourth-order valence-electron chi connectivity index (χ4n) is 6.60. The number of fused-ring (bicyclic) bond motifs is 1. The molecule has 3 aromatic carbocycles. The number of methoxy groups -OCH3 is 1. The van der Waals surface area contributed by atoms with Crippen LogP contribution in [0.3, 0.4) is 0 Å². The second-order valence-electron chi connectivity index (χ2n) is 12.9. The minimum absolute atomic E-state index is 0.00790. The molecule has 0 unspecified atom stereocenters. The lowest BCUT2D eigenvalue weighted by molar-refractivity contribution is -0.0169. The van der Waals surface area contributed by atoms with E-state index in [1.807, 2.05) is 45.0 Å². The lowest BCUT2D eigenvalue weighted by Crippen LogP contribution is -2.53. The van der Waals surface area contributed by atoms with Gasteiger partial charge in [0, 0.05) is 50.7 Å². The molecule has 4 atom stereocenters. The molecule has 0 aliphatic carbocycles. The van der Waals surface area contributed by atoms with Gasteiger partial charge in [0.25, 0.3) is 0 Å². The van der Waals surface area contributed by atoms with Crippen molar-refractivity contribution in [3.8, 4) is 5.75 Å². The van der Waals surface area contributed by atoms with Crippen molar-refractivity contribution >= 4 is 31.6 Å². The van der Waals surface area contributed by atoms with Crippen molar-refractivity contribution in [2.75, 3.05) is 63.4 Å². The summed E-state index contributed by atoms with van der Waals surface area (Å²) in [7, 11) is -2.03. The molecule has 0 N–H and O–H groups in total. The van der Waals surface area contributed by atoms with Crippen LogP contribution in [0.15, 0.2) is 71.6 Å². The second-order valence-corrected chi connectivity index (χ2v) is 15.4. The molecular weight excluding hydrogens is 708 g/mol. The van der Waals surface area contributed by atoms with Crippen LogP contribution in [0.25, 0.3) is 0 Å². The van der Waals surface area contributed by atoms with Gasteiger partial charge in [-0.2, -0.15) is 4.31 Å². The van der Waals surface area contributed by atoms with Crippen LogP contribution in [0, 0.1) is 6.92 Å². The summed E-state index contributed by atoms with van der Waals surface area (Å²) in [6.45, 7) is 11.3. The molecule has 1 saturated heterocycles. The van der Waals surface area contributed by atoms with Crippen molar-refractivity contribution in [1.82, 2.24) is 4.31 Å². The number of halogens is 1. The van der Waals surface area contributed by atoms with Crippen LogP contribution in [-0.2, 0) is 42.2 Å². The van der Waals surface area contributed by atoms with Gasteiger partial charge in [0.1, 0.15) is 12.4 Å². The van der Waals surface area contributed by atoms with Crippen LogP contribution in [0.2, 0.25) is 0 Å². The summed E-state index contributed by atoms with van der Waals surface area (Å²) >= 11 is 3.65. The molecule has 0 saturated carbocycles. The van der Waals surface area contributed by atoms with Crippen LogP contribution in [-0.4, -0.2) is 89.5 Å². The Bertz CT molecular complexity index is 1570. The number of anilines is 1. The van der Waals surface area contributed by atoms with Crippen molar-refractivity contribution < 1.29 is 32.1 Å². The number of benzene rings is 3. The fourth-order valence-corrected chi connectivity index (χ4v) is 9.05. The zero-order valence-corrected chi connectivity index (χ0v) is 31.6. The van der Waals surface area contributed by atoms with E-state index in [9.17, 15) is 8.42 Å². The van der Waals surface area contributed by atoms with Gasteiger partial charge in [0.05, 0.1) is 49.2 Å². The van der Waals surface area contributed by atoms with E-state index in [2.05, 4.69) is 51.2 Å². The first-order valence-electron chi connectivity index (χ1n) is 17.3. The van der Waals surface area contributed by atoms with E-state index in [1.54, 1.807) is 23.5 Å². The maximum Gasteiger partial charge on any atom is 0.243 e. The summed E-state index contributed by atoms with van der Waals surface area (Å²) in [4.78, 5) is 2.64. The van der Waals surface area contributed by atoms with E-state index >= 15 is 0 Å². The number of hydrogen-bond acceptors (Lipinski definition) is 8. The summed E-state index contributed by atoms with van der Waals surface area (Å²) in [5, 5.41) is 0.523. The number of rotatable bonds is 17. The quantitative estimate of drug-likeness (QED) is 0.111. The van der Waals surface area contributed by atoms with Crippen molar-refractivity contribution in [3.05, 3.63) is 89.0 Å². The summed E-state index contributed by atoms with van der Waals surface area (Å²) < 4.78 is 59.2. The molecule has 1 fully saturated rings. The van der Waals surface area contributed by atoms with Crippen molar-refractivity contribution in [2.24, 2.45) is 0 Å². The van der Waals surface area contributed by atoms with Gasteiger partial charge < -0.3 is 28.6 Å². The van der Waals surface area contributed by atoms with Gasteiger partial charge in [-0.15, -0.1) is 0 Å². The number of alkyl halides is 1. The van der Waals surface area contributed by atoms with E-state index in [0.717, 1.165) is 53.2 Å². The Balaban J connectivity index is 1.37. The summed E-state index contributed by atoms with van der Waals surface area (Å²) in [6.07, 6.45) is 1.23. The maximum absolute atomic E-state index is 14.1. The molecule has 0 aromatic heterocycles. The van der Waals surface area contributed by atoms with Gasteiger partial charge in [0.2, 0.25) is 10.0 Å². The van der Waals surface area contributed by atoms with Gasteiger partial charge in [-0.25, -0.2) is 8.42 Å². The minimum Gasteiger partial charge on any atom is -0.490 e. The molecule has 2 aliphatic rings. The van der Waals surface area contributed by atoms with Crippen molar-refractivity contribution in [1.29, 1.82) is 0 Å². The third-order valence-electron chi connectivity index (χ3n) is 9.25. The highest BCUT2D eigenvalue weighted by molar-refractivity contribution is 9.09. The smallest absolute Gasteiger partial charge is 0.243 e. The van der Waals surface area contributed by atoms with E-state index in [4.69, 9.17) is 23.7 Å². The highest BCUT2D eigenvalue weighted by atomic mass is 79.9. The number of piperidine rings is 1. The lowest BCUT2D eigenvalue weighted by atomic mass is 9.84. The Hall–Kier alpha value is -2.51. The second kappa shape index (κ2) is 18.1. The molecule has 0 radical (unpaired) electrons. The summed E-state index contributed by atoms with van der Waals surface area (Å²) in [5.74, 6) is 0.862.